The quantitative estimate of drug-likeness (QED) is 0.613. The van der Waals surface area contributed by atoms with Crippen molar-refractivity contribution in [2.75, 3.05) is 4.90 Å². The van der Waals surface area contributed by atoms with Gasteiger partial charge in [0.25, 0.3) is 0 Å². The molecule has 1 N–H and O–H groups in total. The third-order valence-corrected chi connectivity index (χ3v) is 5.67. The second-order valence-electron chi connectivity index (χ2n) is 7.50. The Morgan fingerprint density at radius 1 is 0.667 bits per heavy atom. The van der Waals surface area contributed by atoms with Crippen LogP contribution >= 0.6 is 0 Å². The van der Waals surface area contributed by atoms with Crippen molar-refractivity contribution in [2.45, 2.75) is 31.3 Å². The standard InChI is InChI=1S/C25H24N2/c1-3-7-23(8-4-1)27(24-9-5-2-6-10-24)25-15-11-19(12-16-25)20-17-21-13-14-22(18-20)26-21/h1-12,15-17,21-22,26H,13-14,18H2. The molecule has 2 heteroatoms. The molecule has 27 heavy (non-hydrogen) atoms. The third kappa shape index (κ3) is 3.29. The van der Waals surface area contributed by atoms with E-state index >= 15 is 0 Å². The molecule has 2 heterocycles. The number of fused-ring (bicyclic) bond motifs is 2. The summed E-state index contributed by atoms with van der Waals surface area (Å²) in [7, 11) is 0. The van der Waals surface area contributed by atoms with Crippen LogP contribution in [0.5, 0.6) is 0 Å². The van der Waals surface area contributed by atoms with Crippen LogP contribution in [-0.2, 0) is 0 Å². The lowest BCUT2D eigenvalue weighted by Gasteiger charge is -2.26. The highest BCUT2D eigenvalue weighted by Crippen LogP contribution is 2.36. The zero-order valence-corrected chi connectivity index (χ0v) is 15.4. The molecule has 0 aliphatic carbocycles. The zero-order chi connectivity index (χ0) is 18.1. The Labute approximate surface area is 161 Å². The first-order chi connectivity index (χ1) is 13.4. The number of nitrogens with zero attached hydrogens (tertiary/aromatic N) is 1. The lowest BCUT2D eigenvalue weighted by molar-refractivity contribution is 0.575. The Morgan fingerprint density at radius 3 is 1.85 bits per heavy atom. The van der Waals surface area contributed by atoms with E-state index in [0.29, 0.717) is 12.1 Å². The number of hydrogen-bond donors (Lipinski definition) is 1. The van der Waals surface area contributed by atoms with Gasteiger partial charge in [0.15, 0.2) is 0 Å². The Kier molecular flexibility index (Phi) is 4.27. The molecule has 1 fully saturated rings. The van der Waals surface area contributed by atoms with E-state index in [2.05, 4.69) is 101 Å². The molecule has 0 saturated carbocycles. The van der Waals surface area contributed by atoms with Gasteiger partial charge in [-0.25, -0.2) is 0 Å². The first-order valence-electron chi connectivity index (χ1n) is 9.84. The van der Waals surface area contributed by atoms with E-state index in [1.165, 1.54) is 41.0 Å². The van der Waals surface area contributed by atoms with Gasteiger partial charge in [-0.1, -0.05) is 54.6 Å². The van der Waals surface area contributed by atoms with Crippen LogP contribution in [0.15, 0.2) is 91.0 Å². The van der Waals surface area contributed by atoms with Crippen molar-refractivity contribution in [3.05, 3.63) is 96.6 Å². The van der Waals surface area contributed by atoms with Gasteiger partial charge >= 0.3 is 0 Å². The van der Waals surface area contributed by atoms with Gasteiger partial charge in [-0.2, -0.15) is 0 Å². The average molecular weight is 352 g/mol. The smallest absolute Gasteiger partial charge is 0.0462 e. The number of hydrogen-bond acceptors (Lipinski definition) is 2. The number of rotatable bonds is 4. The first kappa shape index (κ1) is 16.3. The van der Waals surface area contributed by atoms with Gasteiger partial charge in [0.05, 0.1) is 0 Å². The topological polar surface area (TPSA) is 15.3 Å². The van der Waals surface area contributed by atoms with Crippen LogP contribution in [0.3, 0.4) is 0 Å². The van der Waals surface area contributed by atoms with E-state index in [9.17, 15) is 0 Å². The highest BCUT2D eigenvalue weighted by molar-refractivity contribution is 5.78. The van der Waals surface area contributed by atoms with E-state index in [1.54, 1.807) is 0 Å². The maximum atomic E-state index is 3.68. The summed E-state index contributed by atoms with van der Waals surface area (Å²) in [4.78, 5) is 2.31. The predicted molar refractivity (Wildman–Crippen MR) is 114 cm³/mol. The second kappa shape index (κ2) is 7.05. The maximum Gasteiger partial charge on any atom is 0.0462 e. The van der Waals surface area contributed by atoms with Crippen molar-refractivity contribution in [3.8, 4) is 0 Å². The largest absolute Gasteiger partial charge is 0.311 e. The highest BCUT2D eigenvalue weighted by Gasteiger charge is 2.28. The van der Waals surface area contributed by atoms with Crippen LogP contribution in [0, 0.1) is 0 Å². The summed E-state index contributed by atoms with van der Waals surface area (Å²) in [6.07, 6.45) is 6.17. The minimum absolute atomic E-state index is 0.573. The van der Waals surface area contributed by atoms with Crippen LogP contribution < -0.4 is 10.2 Å². The molecular weight excluding hydrogens is 328 g/mol. The number of anilines is 3. The summed E-state index contributed by atoms with van der Waals surface area (Å²) in [6, 6.07) is 31.4. The van der Waals surface area contributed by atoms with Gasteiger partial charge in [0.1, 0.15) is 0 Å². The molecule has 0 aromatic heterocycles. The molecule has 3 aromatic rings. The van der Waals surface area contributed by atoms with Crippen molar-refractivity contribution >= 4 is 22.6 Å². The van der Waals surface area contributed by atoms with Crippen molar-refractivity contribution in [1.29, 1.82) is 0 Å². The van der Waals surface area contributed by atoms with Crippen molar-refractivity contribution in [3.63, 3.8) is 0 Å². The second-order valence-corrected chi connectivity index (χ2v) is 7.50. The van der Waals surface area contributed by atoms with E-state index in [-0.39, 0.29) is 0 Å². The first-order valence-corrected chi connectivity index (χ1v) is 9.84. The Morgan fingerprint density at radius 2 is 1.26 bits per heavy atom. The van der Waals surface area contributed by atoms with Gasteiger partial charge in [-0.05, 0) is 66.8 Å². The fourth-order valence-corrected chi connectivity index (χ4v) is 4.36. The van der Waals surface area contributed by atoms with E-state index in [0.717, 1.165) is 6.42 Å². The number of nitrogens with one attached hydrogen (secondary N) is 1. The Balaban J connectivity index is 1.50. The molecule has 5 rings (SSSR count). The van der Waals surface area contributed by atoms with Gasteiger partial charge in [0.2, 0.25) is 0 Å². The number of para-hydroxylation sites is 2. The van der Waals surface area contributed by atoms with Crippen LogP contribution in [0.4, 0.5) is 17.1 Å². The Hall–Kier alpha value is -2.84. The average Bonchev–Trinajstić information content (AvgIpc) is 3.08. The van der Waals surface area contributed by atoms with Crippen LogP contribution in [-0.4, -0.2) is 12.1 Å². The predicted octanol–water partition coefficient (Wildman–Crippen LogP) is 6.06. The summed E-state index contributed by atoms with van der Waals surface area (Å²) in [5.74, 6) is 0. The minimum Gasteiger partial charge on any atom is -0.311 e. The van der Waals surface area contributed by atoms with Crippen molar-refractivity contribution in [2.24, 2.45) is 0 Å². The summed E-state index contributed by atoms with van der Waals surface area (Å²) < 4.78 is 0. The molecule has 1 saturated heterocycles. The summed E-state index contributed by atoms with van der Waals surface area (Å²) >= 11 is 0. The SMILES string of the molecule is C1=C(c2ccc(N(c3ccccc3)c3ccccc3)cc2)CC2CCC1N2. The van der Waals surface area contributed by atoms with Crippen LogP contribution in [0.25, 0.3) is 5.57 Å². The summed E-state index contributed by atoms with van der Waals surface area (Å²) in [5.41, 5.74) is 6.40. The zero-order valence-electron chi connectivity index (χ0n) is 15.4. The van der Waals surface area contributed by atoms with E-state index < -0.39 is 0 Å². The Bertz CT molecular complexity index is 890. The van der Waals surface area contributed by atoms with Gasteiger partial charge in [-0.15, -0.1) is 0 Å². The molecule has 3 aromatic carbocycles. The fraction of sp³-hybridized carbons (Fsp3) is 0.200. The van der Waals surface area contributed by atoms with Crippen molar-refractivity contribution in [1.82, 2.24) is 5.32 Å². The van der Waals surface area contributed by atoms with Crippen molar-refractivity contribution < 1.29 is 0 Å². The number of benzene rings is 3. The van der Waals surface area contributed by atoms with Gasteiger partial charge in [-0.3, -0.25) is 0 Å². The lowest BCUT2D eigenvalue weighted by Crippen LogP contribution is -2.31. The molecule has 2 aliphatic rings. The van der Waals surface area contributed by atoms with E-state index in [4.69, 9.17) is 0 Å². The van der Waals surface area contributed by atoms with Gasteiger partial charge < -0.3 is 10.2 Å². The molecule has 2 atom stereocenters. The third-order valence-electron chi connectivity index (χ3n) is 5.67. The molecule has 0 spiro atoms. The van der Waals surface area contributed by atoms with E-state index in [1.807, 2.05) is 0 Å². The monoisotopic (exact) mass is 352 g/mol. The molecule has 0 amide bonds. The molecule has 134 valence electrons. The minimum atomic E-state index is 0.573. The van der Waals surface area contributed by atoms with Gasteiger partial charge in [0, 0.05) is 29.1 Å². The normalized spacial score (nSPS) is 21.0. The maximum absolute atomic E-state index is 3.68. The molecule has 2 aliphatic heterocycles. The highest BCUT2D eigenvalue weighted by atomic mass is 15.1. The van der Waals surface area contributed by atoms with Crippen LogP contribution in [0.2, 0.25) is 0 Å². The molecule has 2 nitrogen and oxygen atoms in total. The van der Waals surface area contributed by atoms with Crippen LogP contribution in [0.1, 0.15) is 24.8 Å². The molecule has 2 unspecified atom stereocenters. The summed E-state index contributed by atoms with van der Waals surface area (Å²) in [6.45, 7) is 0. The fourth-order valence-electron chi connectivity index (χ4n) is 4.36. The summed E-state index contributed by atoms with van der Waals surface area (Å²) in [5, 5.41) is 3.68. The molecular formula is C25H24N2. The molecule has 2 bridgehead atoms. The molecule has 0 radical (unpaired) electrons. The lowest BCUT2D eigenvalue weighted by atomic mass is 9.96.